The zero-order chi connectivity index (χ0) is 16.4. The van der Waals surface area contributed by atoms with Crippen LogP contribution in [0.15, 0.2) is 65.5 Å². The van der Waals surface area contributed by atoms with Crippen molar-refractivity contribution in [1.82, 2.24) is 15.3 Å². The number of pyridine rings is 1. The molecule has 3 aromatic heterocycles. The number of H-pyrrole nitrogens is 1. The third kappa shape index (κ3) is 2.94. The van der Waals surface area contributed by atoms with E-state index in [9.17, 15) is 4.79 Å². The van der Waals surface area contributed by atoms with Crippen molar-refractivity contribution in [3.8, 4) is 11.3 Å². The molecule has 0 unspecified atom stereocenters. The number of hydrogen-bond acceptors (Lipinski definition) is 3. The van der Waals surface area contributed by atoms with Gasteiger partial charge in [-0.3, -0.25) is 9.78 Å². The number of rotatable bonds is 4. The molecule has 0 aliphatic rings. The molecule has 1 amide bonds. The summed E-state index contributed by atoms with van der Waals surface area (Å²) in [6.45, 7) is 0.466. The van der Waals surface area contributed by atoms with Gasteiger partial charge in [0.2, 0.25) is 0 Å². The largest absolute Gasteiger partial charge is 0.351 e. The molecule has 0 aliphatic heterocycles. The summed E-state index contributed by atoms with van der Waals surface area (Å²) in [7, 11) is 0. The standard InChI is InChI=1S/C19H15N3OS/c23-19(18-10-14-3-1-2-4-16(14)22-18)21-11-13-5-7-20-17(9-13)15-6-8-24-12-15/h1-10,12,22H,11H2,(H,21,23). The average molecular weight is 333 g/mol. The van der Waals surface area contributed by atoms with Gasteiger partial charge < -0.3 is 10.3 Å². The highest BCUT2D eigenvalue weighted by molar-refractivity contribution is 7.08. The highest BCUT2D eigenvalue weighted by Crippen LogP contribution is 2.20. The molecule has 0 fully saturated rings. The lowest BCUT2D eigenvalue weighted by Crippen LogP contribution is -2.23. The molecule has 0 saturated carbocycles. The van der Waals surface area contributed by atoms with Crippen LogP contribution in [0.25, 0.3) is 22.2 Å². The van der Waals surface area contributed by atoms with Crippen LogP contribution in [0.4, 0.5) is 0 Å². The van der Waals surface area contributed by atoms with Crippen LogP contribution in [0, 0.1) is 0 Å². The van der Waals surface area contributed by atoms with Gasteiger partial charge in [0.1, 0.15) is 5.69 Å². The lowest BCUT2D eigenvalue weighted by atomic mass is 10.1. The van der Waals surface area contributed by atoms with E-state index >= 15 is 0 Å². The lowest BCUT2D eigenvalue weighted by molar-refractivity contribution is 0.0946. The fourth-order valence-electron chi connectivity index (χ4n) is 2.63. The summed E-state index contributed by atoms with van der Waals surface area (Å²) in [5.74, 6) is -0.111. The van der Waals surface area contributed by atoms with Crippen molar-refractivity contribution in [2.75, 3.05) is 0 Å². The minimum absolute atomic E-state index is 0.111. The second-order valence-electron chi connectivity index (χ2n) is 5.51. The molecular weight excluding hydrogens is 318 g/mol. The molecule has 0 aliphatic carbocycles. The van der Waals surface area contributed by atoms with Gasteiger partial charge in [0, 0.05) is 34.6 Å². The monoisotopic (exact) mass is 333 g/mol. The minimum atomic E-state index is -0.111. The summed E-state index contributed by atoms with van der Waals surface area (Å²) < 4.78 is 0. The third-order valence-electron chi connectivity index (χ3n) is 3.87. The van der Waals surface area contributed by atoms with Crippen molar-refractivity contribution in [2.45, 2.75) is 6.54 Å². The Labute approximate surface area is 143 Å². The van der Waals surface area contributed by atoms with Gasteiger partial charge in [-0.1, -0.05) is 18.2 Å². The van der Waals surface area contributed by atoms with E-state index in [2.05, 4.69) is 20.7 Å². The number of hydrogen-bond donors (Lipinski definition) is 2. The van der Waals surface area contributed by atoms with Crippen LogP contribution in [-0.4, -0.2) is 15.9 Å². The molecule has 118 valence electrons. The highest BCUT2D eigenvalue weighted by Gasteiger charge is 2.09. The van der Waals surface area contributed by atoms with Crippen LogP contribution < -0.4 is 5.32 Å². The molecule has 1 aromatic carbocycles. The molecule has 5 heteroatoms. The molecule has 0 bridgehead atoms. The maximum atomic E-state index is 12.3. The summed E-state index contributed by atoms with van der Waals surface area (Å²) in [5, 5.41) is 8.08. The van der Waals surface area contributed by atoms with Gasteiger partial charge in [-0.05, 0) is 41.3 Å². The van der Waals surface area contributed by atoms with Crippen molar-refractivity contribution in [3.05, 3.63) is 76.7 Å². The van der Waals surface area contributed by atoms with Gasteiger partial charge in [0.15, 0.2) is 0 Å². The van der Waals surface area contributed by atoms with Crippen molar-refractivity contribution < 1.29 is 4.79 Å². The topological polar surface area (TPSA) is 57.8 Å². The molecule has 4 aromatic rings. The number of fused-ring (bicyclic) bond motifs is 1. The van der Waals surface area contributed by atoms with Gasteiger partial charge in [-0.2, -0.15) is 11.3 Å². The first-order valence-corrected chi connectivity index (χ1v) is 8.57. The number of carbonyl (C=O) groups excluding carboxylic acids is 1. The number of nitrogens with one attached hydrogen (secondary N) is 2. The molecule has 4 rings (SSSR count). The number of thiophene rings is 1. The lowest BCUT2D eigenvalue weighted by Gasteiger charge is -2.05. The van der Waals surface area contributed by atoms with Gasteiger partial charge in [-0.15, -0.1) is 0 Å². The van der Waals surface area contributed by atoms with Crippen molar-refractivity contribution in [1.29, 1.82) is 0 Å². The number of nitrogens with zero attached hydrogens (tertiary/aromatic N) is 1. The molecule has 0 radical (unpaired) electrons. The van der Waals surface area contributed by atoms with Crippen molar-refractivity contribution in [2.24, 2.45) is 0 Å². The van der Waals surface area contributed by atoms with E-state index < -0.39 is 0 Å². The minimum Gasteiger partial charge on any atom is -0.351 e. The molecule has 2 N–H and O–H groups in total. The second-order valence-corrected chi connectivity index (χ2v) is 6.29. The Balaban J connectivity index is 1.48. The van der Waals surface area contributed by atoms with E-state index in [4.69, 9.17) is 0 Å². The van der Waals surface area contributed by atoms with Gasteiger partial charge in [0.05, 0.1) is 5.69 Å². The number of amides is 1. The molecule has 0 atom stereocenters. The van der Waals surface area contributed by atoms with Gasteiger partial charge in [-0.25, -0.2) is 0 Å². The maximum absolute atomic E-state index is 12.3. The van der Waals surface area contributed by atoms with E-state index in [1.54, 1.807) is 17.5 Å². The number of aromatic nitrogens is 2. The number of carbonyl (C=O) groups is 1. The Morgan fingerprint density at radius 1 is 1.17 bits per heavy atom. The maximum Gasteiger partial charge on any atom is 0.267 e. The van der Waals surface area contributed by atoms with Crippen LogP contribution in [0.2, 0.25) is 0 Å². The molecular formula is C19H15N3OS. The Morgan fingerprint density at radius 2 is 2.08 bits per heavy atom. The van der Waals surface area contributed by atoms with E-state index in [-0.39, 0.29) is 5.91 Å². The Kier molecular flexibility index (Phi) is 3.84. The van der Waals surface area contributed by atoms with Crippen LogP contribution in [-0.2, 0) is 6.54 Å². The summed E-state index contributed by atoms with van der Waals surface area (Å²) in [6, 6.07) is 15.7. The fraction of sp³-hybridized carbons (Fsp3) is 0.0526. The smallest absolute Gasteiger partial charge is 0.267 e. The second kappa shape index (κ2) is 6.29. The predicted octanol–water partition coefficient (Wildman–Crippen LogP) is 4.22. The van der Waals surface area contributed by atoms with Crippen LogP contribution in [0.1, 0.15) is 16.1 Å². The van der Waals surface area contributed by atoms with E-state index in [1.165, 1.54) is 0 Å². The zero-order valence-corrected chi connectivity index (χ0v) is 13.6. The van der Waals surface area contributed by atoms with E-state index in [0.717, 1.165) is 27.7 Å². The summed E-state index contributed by atoms with van der Waals surface area (Å²) >= 11 is 1.64. The molecule has 3 heterocycles. The number of benzene rings is 1. The van der Waals surface area contributed by atoms with Gasteiger partial charge >= 0.3 is 0 Å². The number of aromatic amines is 1. The van der Waals surface area contributed by atoms with Crippen molar-refractivity contribution >= 4 is 28.1 Å². The van der Waals surface area contributed by atoms with Crippen LogP contribution >= 0.6 is 11.3 Å². The molecule has 0 spiro atoms. The Hall–Kier alpha value is -2.92. The molecule has 0 saturated heterocycles. The normalized spacial score (nSPS) is 10.8. The van der Waals surface area contributed by atoms with Crippen LogP contribution in [0.3, 0.4) is 0 Å². The first-order chi connectivity index (χ1) is 11.8. The quantitative estimate of drug-likeness (QED) is 0.587. The van der Waals surface area contributed by atoms with E-state index in [0.29, 0.717) is 12.2 Å². The first-order valence-electron chi connectivity index (χ1n) is 7.63. The summed E-state index contributed by atoms with van der Waals surface area (Å²) in [6.07, 6.45) is 1.78. The van der Waals surface area contributed by atoms with E-state index in [1.807, 2.05) is 53.9 Å². The first kappa shape index (κ1) is 14.7. The number of para-hydroxylation sites is 1. The average Bonchev–Trinajstić information content (AvgIpc) is 3.29. The molecule has 24 heavy (non-hydrogen) atoms. The van der Waals surface area contributed by atoms with Crippen LogP contribution in [0.5, 0.6) is 0 Å². The van der Waals surface area contributed by atoms with Gasteiger partial charge in [0.25, 0.3) is 5.91 Å². The molecule has 4 nitrogen and oxygen atoms in total. The highest BCUT2D eigenvalue weighted by atomic mass is 32.1. The fourth-order valence-corrected chi connectivity index (χ4v) is 3.28. The van der Waals surface area contributed by atoms with Crippen molar-refractivity contribution in [3.63, 3.8) is 0 Å². The SMILES string of the molecule is O=C(NCc1ccnc(-c2ccsc2)c1)c1cc2ccccc2[nH]1. The summed E-state index contributed by atoms with van der Waals surface area (Å²) in [4.78, 5) is 19.9. The summed E-state index contributed by atoms with van der Waals surface area (Å²) in [5.41, 5.74) is 4.59. The predicted molar refractivity (Wildman–Crippen MR) is 97.0 cm³/mol. The Morgan fingerprint density at radius 3 is 2.92 bits per heavy atom. The third-order valence-corrected chi connectivity index (χ3v) is 4.55. The Bertz CT molecular complexity index is 956. The zero-order valence-electron chi connectivity index (χ0n) is 12.8.